The van der Waals surface area contributed by atoms with Gasteiger partial charge in [-0.2, -0.15) is 0 Å². The number of likely N-dealkylation sites (tertiary alicyclic amines) is 1. The number of aromatic nitrogens is 1. The zero-order chi connectivity index (χ0) is 14.0. The molecule has 0 aliphatic carbocycles. The van der Waals surface area contributed by atoms with Gasteiger partial charge in [-0.15, -0.1) is 11.3 Å². The molecular weight excluding hydrogens is 266 g/mol. The zero-order valence-electron chi connectivity index (χ0n) is 11.0. The minimum Gasteiger partial charge on any atom is -0.480 e. The molecule has 0 radical (unpaired) electrons. The average molecular weight is 283 g/mol. The van der Waals surface area contributed by atoms with Crippen LogP contribution in [0.25, 0.3) is 0 Å². The van der Waals surface area contributed by atoms with Gasteiger partial charge >= 0.3 is 12.0 Å². The quantitative estimate of drug-likeness (QED) is 0.872. The van der Waals surface area contributed by atoms with Crippen molar-refractivity contribution < 1.29 is 14.7 Å². The van der Waals surface area contributed by atoms with Gasteiger partial charge in [0.25, 0.3) is 0 Å². The van der Waals surface area contributed by atoms with E-state index in [1.165, 1.54) is 16.2 Å². The highest BCUT2D eigenvalue weighted by atomic mass is 32.1. The summed E-state index contributed by atoms with van der Waals surface area (Å²) >= 11 is 1.33. The van der Waals surface area contributed by atoms with Gasteiger partial charge < -0.3 is 10.0 Å². The maximum atomic E-state index is 12.2. The first kappa shape index (κ1) is 13.8. The lowest BCUT2D eigenvalue weighted by atomic mass is 9.89. The molecule has 7 heteroatoms. The van der Waals surface area contributed by atoms with Crippen LogP contribution < -0.4 is 5.32 Å². The molecule has 19 heavy (non-hydrogen) atoms. The molecule has 1 aliphatic rings. The van der Waals surface area contributed by atoms with Gasteiger partial charge in [0.2, 0.25) is 0 Å². The van der Waals surface area contributed by atoms with E-state index in [9.17, 15) is 14.7 Å². The van der Waals surface area contributed by atoms with Gasteiger partial charge in [-0.3, -0.25) is 5.32 Å². The van der Waals surface area contributed by atoms with Crippen molar-refractivity contribution in [2.75, 3.05) is 11.9 Å². The molecule has 2 rings (SSSR count). The number of carbonyl (C=O) groups is 2. The third-order valence-corrected chi connectivity index (χ3v) is 4.31. The molecule has 2 amide bonds. The van der Waals surface area contributed by atoms with E-state index in [0.717, 1.165) is 18.5 Å². The molecule has 1 atom stereocenters. The molecule has 104 valence electrons. The number of hydrogen-bond donors (Lipinski definition) is 2. The first-order chi connectivity index (χ1) is 8.93. The molecule has 0 spiro atoms. The van der Waals surface area contributed by atoms with Crippen molar-refractivity contribution in [3.63, 3.8) is 0 Å². The van der Waals surface area contributed by atoms with Crippen LogP contribution in [0.1, 0.15) is 31.9 Å². The Morgan fingerprint density at radius 1 is 1.53 bits per heavy atom. The second-order valence-corrected chi connectivity index (χ2v) is 5.77. The predicted molar refractivity (Wildman–Crippen MR) is 72.5 cm³/mol. The fourth-order valence-corrected chi connectivity index (χ4v) is 2.92. The van der Waals surface area contributed by atoms with Gasteiger partial charge in [-0.1, -0.05) is 0 Å². The molecule has 0 aromatic carbocycles. The van der Waals surface area contributed by atoms with Gasteiger partial charge in [0.05, 0.1) is 5.69 Å². The maximum absolute atomic E-state index is 12.2. The van der Waals surface area contributed by atoms with Crippen LogP contribution >= 0.6 is 11.3 Å². The monoisotopic (exact) mass is 283 g/mol. The first-order valence-electron chi connectivity index (χ1n) is 6.17. The molecule has 6 nitrogen and oxygen atoms in total. The number of carboxylic acid groups (broad SMARTS) is 1. The lowest BCUT2D eigenvalue weighted by molar-refractivity contribution is -0.150. The summed E-state index contributed by atoms with van der Waals surface area (Å²) in [4.78, 5) is 29.2. The third kappa shape index (κ3) is 2.70. The number of nitrogens with zero attached hydrogens (tertiary/aromatic N) is 2. The Hall–Kier alpha value is -1.63. The summed E-state index contributed by atoms with van der Waals surface area (Å²) in [6, 6.07) is -0.390. The van der Waals surface area contributed by atoms with Crippen molar-refractivity contribution in [1.82, 2.24) is 9.88 Å². The van der Waals surface area contributed by atoms with Crippen LogP contribution in [-0.4, -0.2) is 39.1 Å². The summed E-state index contributed by atoms with van der Waals surface area (Å²) in [5.74, 6) is -0.960. The molecule has 1 aliphatic heterocycles. The highest BCUT2D eigenvalue weighted by molar-refractivity contribution is 7.13. The van der Waals surface area contributed by atoms with Gasteiger partial charge in [0.1, 0.15) is 5.54 Å². The number of piperidine rings is 1. The number of carboxylic acids is 1. The number of anilines is 1. The van der Waals surface area contributed by atoms with Gasteiger partial charge in [-0.05, 0) is 33.1 Å². The minimum absolute atomic E-state index is 0.390. The largest absolute Gasteiger partial charge is 0.480 e. The Balaban J connectivity index is 2.14. The number of amides is 2. The van der Waals surface area contributed by atoms with Crippen LogP contribution in [-0.2, 0) is 4.79 Å². The van der Waals surface area contributed by atoms with Crippen molar-refractivity contribution in [2.45, 2.75) is 38.6 Å². The number of urea groups is 1. The van der Waals surface area contributed by atoms with Crippen molar-refractivity contribution in [3.05, 3.63) is 11.1 Å². The van der Waals surface area contributed by atoms with Crippen molar-refractivity contribution >= 4 is 28.5 Å². The zero-order valence-corrected chi connectivity index (χ0v) is 11.8. The summed E-state index contributed by atoms with van der Waals surface area (Å²) in [5.41, 5.74) is -0.297. The number of thiazole rings is 1. The molecule has 2 N–H and O–H groups in total. The smallest absolute Gasteiger partial charge is 0.329 e. The van der Waals surface area contributed by atoms with Crippen LogP contribution in [0.3, 0.4) is 0 Å². The molecule has 1 saturated heterocycles. The summed E-state index contributed by atoms with van der Waals surface area (Å²) in [5, 5.41) is 14.4. The van der Waals surface area contributed by atoms with E-state index in [4.69, 9.17) is 0 Å². The second kappa shape index (κ2) is 5.16. The number of aliphatic carboxylic acids is 1. The Labute approximate surface area is 115 Å². The summed E-state index contributed by atoms with van der Waals surface area (Å²) in [7, 11) is 0. The van der Waals surface area contributed by atoms with Crippen LogP contribution in [0.2, 0.25) is 0 Å². The Morgan fingerprint density at radius 3 is 2.84 bits per heavy atom. The molecule has 1 aromatic heterocycles. The Morgan fingerprint density at radius 2 is 2.26 bits per heavy atom. The fraction of sp³-hybridized carbons (Fsp3) is 0.583. The highest BCUT2D eigenvalue weighted by Gasteiger charge is 2.44. The number of hydrogen-bond acceptors (Lipinski definition) is 4. The molecule has 1 aromatic rings. The van der Waals surface area contributed by atoms with E-state index in [1.807, 2.05) is 12.3 Å². The topological polar surface area (TPSA) is 82.5 Å². The highest BCUT2D eigenvalue weighted by Crippen LogP contribution is 2.29. The van der Waals surface area contributed by atoms with E-state index in [0.29, 0.717) is 18.1 Å². The molecule has 1 fully saturated rings. The summed E-state index contributed by atoms with van der Waals surface area (Å²) in [6.45, 7) is 3.90. The van der Waals surface area contributed by atoms with Gasteiger partial charge in [0, 0.05) is 11.9 Å². The molecule has 0 bridgehead atoms. The van der Waals surface area contributed by atoms with Crippen molar-refractivity contribution in [1.29, 1.82) is 0 Å². The van der Waals surface area contributed by atoms with E-state index >= 15 is 0 Å². The standard InChI is InChI=1S/C12H17N3O3S/c1-8-7-19-10(13-8)14-11(18)15-6-4-3-5-12(15,2)9(16)17/h7H,3-6H2,1-2H3,(H,16,17)(H,13,14,18). The minimum atomic E-state index is -1.13. The number of carbonyl (C=O) groups excluding carboxylic acids is 1. The molecule has 0 saturated carbocycles. The van der Waals surface area contributed by atoms with Crippen molar-refractivity contribution in [3.8, 4) is 0 Å². The Bertz CT molecular complexity index is 502. The maximum Gasteiger partial charge on any atom is 0.329 e. The lowest BCUT2D eigenvalue weighted by Crippen LogP contribution is -2.58. The predicted octanol–water partition coefficient (Wildman–Crippen LogP) is 2.31. The van der Waals surface area contributed by atoms with E-state index in [1.54, 1.807) is 6.92 Å². The number of rotatable bonds is 2. The van der Waals surface area contributed by atoms with Crippen LogP contribution in [0.4, 0.5) is 9.93 Å². The van der Waals surface area contributed by atoms with Crippen LogP contribution in [0, 0.1) is 6.92 Å². The van der Waals surface area contributed by atoms with E-state index in [-0.39, 0.29) is 6.03 Å². The summed E-state index contributed by atoms with van der Waals surface area (Å²) < 4.78 is 0. The average Bonchev–Trinajstić information content (AvgIpc) is 2.75. The Kier molecular flexibility index (Phi) is 3.75. The first-order valence-corrected chi connectivity index (χ1v) is 7.05. The van der Waals surface area contributed by atoms with Gasteiger partial charge in [-0.25, -0.2) is 14.6 Å². The molecule has 1 unspecified atom stereocenters. The van der Waals surface area contributed by atoms with Crippen LogP contribution in [0.5, 0.6) is 0 Å². The molecule has 2 heterocycles. The van der Waals surface area contributed by atoms with Crippen LogP contribution in [0.15, 0.2) is 5.38 Å². The number of nitrogens with one attached hydrogen (secondary N) is 1. The molecular formula is C12H17N3O3S. The van der Waals surface area contributed by atoms with Gasteiger partial charge in [0.15, 0.2) is 5.13 Å². The lowest BCUT2D eigenvalue weighted by Gasteiger charge is -2.41. The van der Waals surface area contributed by atoms with Crippen molar-refractivity contribution in [2.24, 2.45) is 0 Å². The SMILES string of the molecule is Cc1csc(NC(=O)N2CCCCC2(C)C(=O)O)n1. The fourth-order valence-electron chi connectivity index (χ4n) is 2.24. The van der Waals surface area contributed by atoms with E-state index in [2.05, 4.69) is 10.3 Å². The normalized spacial score (nSPS) is 23.2. The third-order valence-electron chi connectivity index (χ3n) is 3.43. The number of aryl methyl sites for hydroxylation is 1. The van der Waals surface area contributed by atoms with E-state index < -0.39 is 11.5 Å². The second-order valence-electron chi connectivity index (χ2n) is 4.91. The summed E-state index contributed by atoms with van der Waals surface area (Å²) in [6.07, 6.45) is 2.13.